The SMILES string of the molecule is Cc1nccn1CCCCCc1ccc(C2=NNC(=O)CC2)s1. The molecule has 0 saturated carbocycles. The molecule has 5 nitrogen and oxygen atoms in total. The molecule has 1 amide bonds. The first kappa shape index (κ1) is 15.9. The maximum absolute atomic E-state index is 11.1. The van der Waals surface area contributed by atoms with Gasteiger partial charge in [0.25, 0.3) is 0 Å². The molecule has 0 fully saturated rings. The Morgan fingerprint density at radius 3 is 2.91 bits per heavy atom. The van der Waals surface area contributed by atoms with Gasteiger partial charge in [-0.3, -0.25) is 4.79 Å². The number of hydrogen-bond donors (Lipinski definition) is 1. The number of aromatic nitrogens is 2. The number of nitrogens with one attached hydrogen (secondary N) is 1. The minimum absolute atomic E-state index is 0.0126. The van der Waals surface area contributed by atoms with E-state index < -0.39 is 0 Å². The van der Waals surface area contributed by atoms with Crippen LogP contribution in [0.1, 0.15) is 47.7 Å². The first-order valence-electron chi connectivity index (χ1n) is 8.14. The highest BCUT2D eigenvalue weighted by molar-refractivity contribution is 7.14. The van der Waals surface area contributed by atoms with Crippen molar-refractivity contribution in [1.29, 1.82) is 0 Å². The maximum Gasteiger partial charge on any atom is 0.240 e. The molecule has 3 rings (SSSR count). The van der Waals surface area contributed by atoms with E-state index in [2.05, 4.69) is 32.2 Å². The minimum Gasteiger partial charge on any atom is -0.335 e. The Morgan fingerprint density at radius 1 is 1.26 bits per heavy atom. The number of unbranched alkanes of at least 4 members (excludes halogenated alkanes) is 2. The van der Waals surface area contributed by atoms with Crippen molar-refractivity contribution in [2.24, 2.45) is 5.10 Å². The lowest BCUT2D eigenvalue weighted by Gasteiger charge is -2.09. The van der Waals surface area contributed by atoms with Gasteiger partial charge in [0.2, 0.25) is 5.91 Å². The highest BCUT2D eigenvalue weighted by atomic mass is 32.1. The van der Waals surface area contributed by atoms with Crippen LogP contribution in [0.15, 0.2) is 29.6 Å². The second-order valence-electron chi connectivity index (χ2n) is 5.84. The predicted octanol–water partition coefficient (Wildman–Crippen LogP) is 3.28. The number of hydrazone groups is 1. The second kappa shape index (κ2) is 7.55. The van der Waals surface area contributed by atoms with Gasteiger partial charge in [-0.05, 0) is 38.3 Å². The van der Waals surface area contributed by atoms with Gasteiger partial charge in [0.05, 0.1) is 10.6 Å². The van der Waals surface area contributed by atoms with Gasteiger partial charge in [-0.25, -0.2) is 10.4 Å². The van der Waals surface area contributed by atoms with Crippen LogP contribution in [0.25, 0.3) is 0 Å². The summed E-state index contributed by atoms with van der Waals surface area (Å²) in [4.78, 5) is 18.0. The third-order valence-corrected chi connectivity index (χ3v) is 5.29. The predicted molar refractivity (Wildman–Crippen MR) is 92.8 cm³/mol. The van der Waals surface area contributed by atoms with Crippen LogP contribution in [-0.4, -0.2) is 21.2 Å². The first-order chi connectivity index (χ1) is 11.2. The maximum atomic E-state index is 11.1. The van der Waals surface area contributed by atoms with Crippen molar-refractivity contribution in [2.75, 3.05) is 0 Å². The Morgan fingerprint density at radius 2 is 2.17 bits per heavy atom. The van der Waals surface area contributed by atoms with Crippen molar-refractivity contribution in [2.45, 2.75) is 52.0 Å². The zero-order valence-electron chi connectivity index (χ0n) is 13.4. The molecule has 0 unspecified atom stereocenters. The number of thiophene rings is 1. The fraction of sp³-hybridized carbons (Fsp3) is 0.471. The highest BCUT2D eigenvalue weighted by Crippen LogP contribution is 2.22. The van der Waals surface area contributed by atoms with Gasteiger partial charge in [0.1, 0.15) is 5.82 Å². The summed E-state index contributed by atoms with van der Waals surface area (Å²) in [6, 6.07) is 4.32. The van der Waals surface area contributed by atoms with Gasteiger partial charge in [-0.2, -0.15) is 5.10 Å². The Balaban J connectivity index is 1.41. The van der Waals surface area contributed by atoms with E-state index in [9.17, 15) is 4.79 Å². The summed E-state index contributed by atoms with van der Waals surface area (Å²) in [6.07, 6.45) is 9.93. The quantitative estimate of drug-likeness (QED) is 0.792. The topological polar surface area (TPSA) is 59.3 Å². The van der Waals surface area contributed by atoms with Crippen LogP contribution in [0, 0.1) is 6.92 Å². The molecule has 3 heterocycles. The summed E-state index contributed by atoms with van der Waals surface area (Å²) in [5.41, 5.74) is 3.58. The number of nitrogens with zero attached hydrogens (tertiary/aromatic N) is 3. The normalized spacial score (nSPS) is 14.7. The molecule has 0 saturated heterocycles. The average Bonchev–Trinajstić information content (AvgIpc) is 3.17. The summed E-state index contributed by atoms with van der Waals surface area (Å²) in [5.74, 6) is 1.10. The monoisotopic (exact) mass is 330 g/mol. The van der Waals surface area contributed by atoms with Crippen LogP contribution in [0.2, 0.25) is 0 Å². The van der Waals surface area contributed by atoms with Crippen molar-refractivity contribution in [3.05, 3.63) is 40.1 Å². The van der Waals surface area contributed by atoms with Gasteiger partial charge >= 0.3 is 0 Å². The van der Waals surface area contributed by atoms with Crippen molar-refractivity contribution in [3.63, 3.8) is 0 Å². The molecule has 23 heavy (non-hydrogen) atoms. The molecule has 1 aliphatic heterocycles. The van der Waals surface area contributed by atoms with Gasteiger partial charge < -0.3 is 4.57 Å². The summed E-state index contributed by atoms with van der Waals surface area (Å²) in [5, 5.41) is 4.16. The van der Waals surface area contributed by atoms with E-state index >= 15 is 0 Å². The largest absolute Gasteiger partial charge is 0.335 e. The van der Waals surface area contributed by atoms with Crippen LogP contribution in [0.4, 0.5) is 0 Å². The summed E-state index contributed by atoms with van der Waals surface area (Å²) >= 11 is 1.80. The molecular weight excluding hydrogens is 308 g/mol. The zero-order valence-corrected chi connectivity index (χ0v) is 14.2. The van der Waals surface area contributed by atoms with Gasteiger partial charge in [0.15, 0.2) is 0 Å². The molecule has 0 aliphatic carbocycles. The third kappa shape index (κ3) is 4.28. The van der Waals surface area contributed by atoms with E-state index in [0.29, 0.717) is 6.42 Å². The van der Waals surface area contributed by atoms with Crippen molar-refractivity contribution >= 4 is 23.0 Å². The number of amides is 1. The molecule has 0 aromatic carbocycles. The average molecular weight is 330 g/mol. The van der Waals surface area contributed by atoms with Crippen molar-refractivity contribution in [1.82, 2.24) is 15.0 Å². The first-order valence-corrected chi connectivity index (χ1v) is 8.96. The van der Waals surface area contributed by atoms with Crippen LogP contribution in [-0.2, 0) is 17.8 Å². The fourth-order valence-corrected chi connectivity index (χ4v) is 3.78. The van der Waals surface area contributed by atoms with E-state index in [4.69, 9.17) is 0 Å². The Bertz CT molecular complexity index is 701. The molecule has 0 radical (unpaired) electrons. The molecule has 0 bridgehead atoms. The Hall–Kier alpha value is -1.95. The Kier molecular flexibility index (Phi) is 5.23. The molecule has 1 N–H and O–H groups in total. The number of rotatable bonds is 7. The number of hydrogen-bond acceptors (Lipinski definition) is 4. The standard InChI is InChI=1S/C17H22N4OS/c1-13-18-10-12-21(13)11-4-2-3-5-14-6-8-16(23-14)15-7-9-17(22)20-19-15/h6,8,10,12H,2-5,7,9,11H2,1H3,(H,20,22). The van der Waals surface area contributed by atoms with Crippen molar-refractivity contribution in [3.8, 4) is 0 Å². The van der Waals surface area contributed by atoms with Crippen LogP contribution < -0.4 is 5.43 Å². The second-order valence-corrected chi connectivity index (χ2v) is 7.01. The zero-order chi connectivity index (χ0) is 16.1. The summed E-state index contributed by atoms with van der Waals surface area (Å²) < 4.78 is 2.21. The highest BCUT2D eigenvalue weighted by Gasteiger charge is 2.14. The number of carbonyl (C=O) groups excluding carboxylic acids is 1. The lowest BCUT2D eigenvalue weighted by molar-refractivity contribution is -0.121. The van der Waals surface area contributed by atoms with E-state index in [1.807, 2.05) is 19.3 Å². The molecule has 0 spiro atoms. The number of carbonyl (C=O) groups is 1. The fourth-order valence-electron chi connectivity index (χ4n) is 2.72. The smallest absolute Gasteiger partial charge is 0.240 e. The molecule has 2 aromatic rings. The van der Waals surface area contributed by atoms with E-state index in [0.717, 1.165) is 30.9 Å². The molecule has 2 aromatic heterocycles. The van der Waals surface area contributed by atoms with Crippen molar-refractivity contribution < 1.29 is 4.79 Å². The lowest BCUT2D eigenvalue weighted by Crippen LogP contribution is -2.25. The van der Waals surface area contributed by atoms with Crippen LogP contribution >= 0.6 is 11.3 Å². The van der Waals surface area contributed by atoms with Gasteiger partial charge in [-0.1, -0.05) is 6.42 Å². The van der Waals surface area contributed by atoms with Gasteiger partial charge in [0, 0.05) is 36.7 Å². The number of imidazole rings is 1. The van der Waals surface area contributed by atoms with E-state index in [1.54, 1.807) is 11.3 Å². The van der Waals surface area contributed by atoms with E-state index in [-0.39, 0.29) is 5.91 Å². The molecule has 122 valence electrons. The lowest BCUT2D eigenvalue weighted by atomic mass is 10.1. The van der Waals surface area contributed by atoms with Crippen LogP contribution in [0.5, 0.6) is 0 Å². The Labute approximate surface area is 140 Å². The molecular formula is C17H22N4OS. The third-order valence-electron chi connectivity index (χ3n) is 4.10. The van der Waals surface area contributed by atoms with E-state index in [1.165, 1.54) is 29.0 Å². The number of aryl methyl sites for hydroxylation is 3. The molecule has 1 aliphatic rings. The summed E-state index contributed by atoms with van der Waals surface area (Å²) in [7, 11) is 0. The van der Waals surface area contributed by atoms with Crippen LogP contribution in [0.3, 0.4) is 0 Å². The molecule has 0 atom stereocenters. The summed E-state index contributed by atoms with van der Waals surface area (Å²) in [6.45, 7) is 3.10. The van der Waals surface area contributed by atoms with Gasteiger partial charge in [-0.15, -0.1) is 11.3 Å². The minimum atomic E-state index is 0.0126. The molecule has 6 heteroatoms.